The maximum atomic E-state index is 5.95. The van der Waals surface area contributed by atoms with Gasteiger partial charge < -0.3 is 9.47 Å². The van der Waals surface area contributed by atoms with Crippen LogP contribution in [0.3, 0.4) is 0 Å². The van der Waals surface area contributed by atoms with E-state index in [1.165, 1.54) is 37.7 Å². The van der Waals surface area contributed by atoms with Crippen molar-refractivity contribution >= 4 is 0 Å². The SMILES string of the molecule is CCc1ccc(OC2OC2C(CC)CCCC(C)CC)cc1. The molecule has 0 N–H and O–H groups in total. The molecular formula is C20H32O2. The summed E-state index contributed by atoms with van der Waals surface area (Å²) >= 11 is 0. The van der Waals surface area contributed by atoms with Gasteiger partial charge in [-0.05, 0) is 42.4 Å². The van der Waals surface area contributed by atoms with Crippen molar-refractivity contribution < 1.29 is 9.47 Å². The van der Waals surface area contributed by atoms with E-state index < -0.39 is 0 Å². The summed E-state index contributed by atoms with van der Waals surface area (Å²) in [6.45, 7) is 9.06. The fraction of sp³-hybridized carbons (Fsp3) is 0.700. The highest BCUT2D eigenvalue weighted by Gasteiger charge is 2.46. The first-order valence-electron chi connectivity index (χ1n) is 9.08. The summed E-state index contributed by atoms with van der Waals surface area (Å²) in [6, 6.07) is 8.38. The summed E-state index contributed by atoms with van der Waals surface area (Å²) in [5.41, 5.74) is 1.34. The molecule has 0 aromatic heterocycles. The molecule has 0 radical (unpaired) electrons. The molecule has 0 amide bonds. The van der Waals surface area contributed by atoms with Gasteiger partial charge in [-0.15, -0.1) is 0 Å². The third-order valence-electron chi connectivity index (χ3n) is 5.02. The number of aryl methyl sites for hydroxylation is 1. The molecule has 0 saturated carbocycles. The van der Waals surface area contributed by atoms with Crippen molar-refractivity contribution in [3.63, 3.8) is 0 Å². The Morgan fingerprint density at radius 3 is 2.36 bits per heavy atom. The maximum Gasteiger partial charge on any atom is 0.227 e. The summed E-state index contributed by atoms with van der Waals surface area (Å²) in [7, 11) is 0. The Balaban J connectivity index is 1.74. The number of rotatable bonds is 10. The van der Waals surface area contributed by atoms with Gasteiger partial charge in [0.2, 0.25) is 6.29 Å². The zero-order valence-electron chi connectivity index (χ0n) is 14.7. The standard InChI is InChI=1S/C20H32O2/c1-5-15(4)9-8-10-17(7-3)19-20(22-19)21-18-13-11-16(6-2)12-14-18/h11-15,17,19-20H,5-10H2,1-4H3. The minimum atomic E-state index is -0.0268. The van der Waals surface area contributed by atoms with E-state index in [4.69, 9.17) is 9.47 Å². The molecule has 1 saturated heterocycles. The van der Waals surface area contributed by atoms with Gasteiger partial charge in [-0.1, -0.05) is 65.5 Å². The van der Waals surface area contributed by atoms with Gasteiger partial charge >= 0.3 is 0 Å². The lowest BCUT2D eigenvalue weighted by Gasteiger charge is -2.14. The largest absolute Gasteiger partial charge is 0.462 e. The lowest BCUT2D eigenvalue weighted by molar-refractivity contribution is 0.177. The van der Waals surface area contributed by atoms with E-state index in [-0.39, 0.29) is 6.29 Å². The molecule has 0 aliphatic carbocycles. The van der Waals surface area contributed by atoms with Crippen LogP contribution in [0.15, 0.2) is 24.3 Å². The van der Waals surface area contributed by atoms with E-state index >= 15 is 0 Å². The third-order valence-corrected chi connectivity index (χ3v) is 5.02. The van der Waals surface area contributed by atoms with Gasteiger partial charge in [-0.25, -0.2) is 0 Å². The van der Waals surface area contributed by atoms with Crippen LogP contribution in [0.2, 0.25) is 0 Å². The molecule has 2 nitrogen and oxygen atoms in total. The average Bonchev–Trinajstić information content (AvgIpc) is 3.31. The zero-order chi connectivity index (χ0) is 15.9. The summed E-state index contributed by atoms with van der Waals surface area (Å²) in [4.78, 5) is 0. The Morgan fingerprint density at radius 2 is 1.77 bits per heavy atom. The van der Waals surface area contributed by atoms with Crippen LogP contribution in [-0.2, 0) is 11.2 Å². The minimum absolute atomic E-state index is 0.0268. The average molecular weight is 304 g/mol. The third kappa shape index (κ3) is 5.01. The normalized spacial score (nSPS) is 23.1. The molecule has 1 aromatic rings. The van der Waals surface area contributed by atoms with Gasteiger partial charge in [0, 0.05) is 0 Å². The Hall–Kier alpha value is -1.02. The van der Waals surface area contributed by atoms with Crippen molar-refractivity contribution in [2.45, 2.75) is 78.6 Å². The van der Waals surface area contributed by atoms with Gasteiger partial charge in [0.25, 0.3) is 0 Å². The van der Waals surface area contributed by atoms with E-state index in [0.29, 0.717) is 12.0 Å². The first-order valence-corrected chi connectivity index (χ1v) is 9.08. The Morgan fingerprint density at radius 1 is 1.05 bits per heavy atom. The van der Waals surface area contributed by atoms with Gasteiger partial charge in [0.05, 0.1) is 0 Å². The second-order valence-corrected chi connectivity index (χ2v) is 6.70. The summed E-state index contributed by atoms with van der Waals surface area (Å²) in [5, 5.41) is 0. The molecule has 0 spiro atoms. The molecule has 4 unspecified atom stereocenters. The Labute approximate surface area is 136 Å². The van der Waals surface area contributed by atoms with Crippen LogP contribution in [0.1, 0.15) is 65.4 Å². The summed E-state index contributed by atoms with van der Waals surface area (Å²) in [6.07, 6.45) is 7.72. The van der Waals surface area contributed by atoms with Crippen LogP contribution in [0.4, 0.5) is 0 Å². The molecule has 2 rings (SSSR count). The van der Waals surface area contributed by atoms with Gasteiger partial charge in [-0.2, -0.15) is 0 Å². The van der Waals surface area contributed by atoms with Crippen LogP contribution < -0.4 is 4.74 Å². The predicted molar refractivity (Wildman–Crippen MR) is 92.2 cm³/mol. The highest BCUT2D eigenvalue weighted by molar-refractivity contribution is 5.27. The molecule has 124 valence electrons. The number of hydrogen-bond donors (Lipinski definition) is 0. The number of ether oxygens (including phenoxy) is 2. The lowest BCUT2D eigenvalue weighted by Crippen LogP contribution is -2.13. The molecular weight excluding hydrogens is 272 g/mol. The quantitative estimate of drug-likeness (QED) is 0.525. The van der Waals surface area contributed by atoms with Crippen molar-refractivity contribution in [2.24, 2.45) is 11.8 Å². The van der Waals surface area contributed by atoms with Gasteiger partial charge in [-0.3, -0.25) is 0 Å². The van der Waals surface area contributed by atoms with Gasteiger partial charge in [0.15, 0.2) is 0 Å². The first kappa shape index (κ1) is 17.3. The van der Waals surface area contributed by atoms with Crippen molar-refractivity contribution in [2.75, 3.05) is 0 Å². The molecule has 1 aliphatic rings. The van der Waals surface area contributed by atoms with Gasteiger partial charge in [0.1, 0.15) is 11.9 Å². The fourth-order valence-corrected chi connectivity index (χ4v) is 3.01. The number of epoxide rings is 1. The molecule has 1 fully saturated rings. The topological polar surface area (TPSA) is 21.8 Å². The van der Waals surface area contributed by atoms with E-state index in [1.54, 1.807) is 0 Å². The maximum absolute atomic E-state index is 5.95. The van der Waals surface area contributed by atoms with Crippen LogP contribution in [0.5, 0.6) is 5.75 Å². The number of hydrogen-bond acceptors (Lipinski definition) is 2. The van der Waals surface area contributed by atoms with Crippen molar-refractivity contribution in [3.8, 4) is 5.75 Å². The lowest BCUT2D eigenvalue weighted by atomic mass is 9.92. The smallest absolute Gasteiger partial charge is 0.227 e. The van der Waals surface area contributed by atoms with Crippen LogP contribution >= 0.6 is 0 Å². The second kappa shape index (κ2) is 8.57. The first-order chi connectivity index (χ1) is 10.7. The molecule has 1 heterocycles. The molecule has 0 bridgehead atoms. The second-order valence-electron chi connectivity index (χ2n) is 6.70. The molecule has 22 heavy (non-hydrogen) atoms. The number of benzene rings is 1. The van der Waals surface area contributed by atoms with E-state index in [9.17, 15) is 0 Å². The van der Waals surface area contributed by atoms with E-state index in [1.807, 2.05) is 0 Å². The molecule has 1 aromatic carbocycles. The van der Waals surface area contributed by atoms with Crippen molar-refractivity contribution in [3.05, 3.63) is 29.8 Å². The monoisotopic (exact) mass is 304 g/mol. The van der Waals surface area contributed by atoms with E-state index in [2.05, 4.69) is 52.0 Å². The highest BCUT2D eigenvalue weighted by Crippen LogP contribution is 2.36. The molecule has 4 atom stereocenters. The Bertz CT molecular complexity index is 426. The minimum Gasteiger partial charge on any atom is -0.462 e. The summed E-state index contributed by atoms with van der Waals surface area (Å²) in [5.74, 6) is 2.42. The van der Waals surface area contributed by atoms with Crippen LogP contribution in [0, 0.1) is 11.8 Å². The van der Waals surface area contributed by atoms with Crippen molar-refractivity contribution in [1.82, 2.24) is 0 Å². The molecule has 2 heteroatoms. The van der Waals surface area contributed by atoms with Crippen molar-refractivity contribution in [1.29, 1.82) is 0 Å². The predicted octanol–water partition coefficient (Wildman–Crippen LogP) is 5.60. The summed E-state index contributed by atoms with van der Waals surface area (Å²) < 4.78 is 11.7. The Kier molecular flexibility index (Phi) is 6.75. The molecule has 1 aliphatic heterocycles. The highest BCUT2D eigenvalue weighted by atomic mass is 16.8. The zero-order valence-corrected chi connectivity index (χ0v) is 14.7. The van der Waals surface area contributed by atoms with Crippen LogP contribution in [-0.4, -0.2) is 12.4 Å². The van der Waals surface area contributed by atoms with Crippen LogP contribution in [0.25, 0.3) is 0 Å². The van der Waals surface area contributed by atoms with E-state index in [0.717, 1.165) is 18.1 Å². The fourth-order valence-electron chi connectivity index (χ4n) is 3.01.